The molecule has 0 spiro atoms. The lowest BCUT2D eigenvalue weighted by Crippen LogP contribution is -2.23. The Hall–Kier alpha value is -1.82. The first kappa shape index (κ1) is 13.6. The van der Waals surface area contributed by atoms with Crippen LogP contribution >= 0.6 is 11.8 Å². The SMILES string of the molecule is CN(C)C(=O)CSc1nnc(-c2ccccc2)n1C. The molecule has 1 aromatic heterocycles. The van der Waals surface area contributed by atoms with Gasteiger partial charge in [-0.05, 0) is 0 Å². The summed E-state index contributed by atoms with van der Waals surface area (Å²) in [6, 6.07) is 9.87. The molecule has 0 unspecified atom stereocenters. The van der Waals surface area contributed by atoms with E-state index in [1.165, 1.54) is 11.8 Å². The second-order valence-electron chi connectivity index (χ2n) is 4.31. The van der Waals surface area contributed by atoms with E-state index < -0.39 is 0 Å². The van der Waals surface area contributed by atoms with E-state index in [9.17, 15) is 4.79 Å². The van der Waals surface area contributed by atoms with E-state index in [0.29, 0.717) is 5.75 Å². The van der Waals surface area contributed by atoms with Crippen molar-refractivity contribution in [3.05, 3.63) is 30.3 Å². The maximum Gasteiger partial charge on any atom is 0.232 e. The molecule has 0 atom stereocenters. The molecule has 5 nitrogen and oxygen atoms in total. The summed E-state index contributed by atoms with van der Waals surface area (Å²) < 4.78 is 1.91. The van der Waals surface area contributed by atoms with Gasteiger partial charge in [-0.1, -0.05) is 42.1 Å². The summed E-state index contributed by atoms with van der Waals surface area (Å²) in [7, 11) is 5.40. The molecule has 1 amide bonds. The van der Waals surface area contributed by atoms with E-state index in [2.05, 4.69) is 10.2 Å². The van der Waals surface area contributed by atoms with Crippen LogP contribution in [-0.2, 0) is 11.8 Å². The van der Waals surface area contributed by atoms with Crippen LogP contribution in [0.1, 0.15) is 0 Å². The molecule has 0 fully saturated rings. The number of nitrogens with zero attached hydrogens (tertiary/aromatic N) is 4. The van der Waals surface area contributed by atoms with Crippen LogP contribution < -0.4 is 0 Å². The molecule has 0 saturated carbocycles. The van der Waals surface area contributed by atoms with E-state index in [0.717, 1.165) is 16.5 Å². The molecule has 1 heterocycles. The van der Waals surface area contributed by atoms with Gasteiger partial charge in [-0.3, -0.25) is 4.79 Å². The van der Waals surface area contributed by atoms with Crippen molar-refractivity contribution in [2.75, 3.05) is 19.8 Å². The summed E-state index contributed by atoms with van der Waals surface area (Å²) in [5, 5.41) is 9.05. The Bertz CT molecular complexity index is 565. The van der Waals surface area contributed by atoms with Crippen LogP contribution in [0.3, 0.4) is 0 Å². The number of thioether (sulfide) groups is 1. The molecule has 1 aromatic carbocycles. The van der Waals surface area contributed by atoms with Crippen molar-refractivity contribution < 1.29 is 4.79 Å². The third-order valence-electron chi connectivity index (χ3n) is 2.69. The van der Waals surface area contributed by atoms with Gasteiger partial charge in [-0.25, -0.2) is 0 Å². The molecule has 0 aliphatic rings. The standard InChI is InChI=1S/C13H16N4OS/c1-16(2)11(18)9-19-13-15-14-12(17(13)3)10-7-5-4-6-8-10/h4-8H,9H2,1-3H3. The average molecular weight is 276 g/mol. The van der Waals surface area contributed by atoms with Crippen molar-refractivity contribution >= 4 is 17.7 Å². The number of benzene rings is 1. The first-order chi connectivity index (χ1) is 9.09. The Kier molecular flexibility index (Phi) is 4.21. The molecule has 0 aliphatic heterocycles. The molecule has 0 saturated heterocycles. The highest BCUT2D eigenvalue weighted by Crippen LogP contribution is 2.22. The Balaban J connectivity index is 2.13. The zero-order chi connectivity index (χ0) is 13.8. The highest BCUT2D eigenvalue weighted by Gasteiger charge is 2.13. The van der Waals surface area contributed by atoms with Crippen LogP contribution in [0.15, 0.2) is 35.5 Å². The van der Waals surface area contributed by atoms with Crippen LogP contribution in [0, 0.1) is 0 Å². The van der Waals surface area contributed by atoms with E-state index in [4.69, 9.17) is 0 Å². The molecule has 6 heteroatoms. The van der Waals surface area contributed by atoms with Gasteiger partial charge in [0.1, 0.15) is 0 Å². The zero-order valence-electron chi connectivity index (χ0n) is 11.2. The second-order valence-corrected chi connectivity index (χ2v) is 5.25. The van der Waals surface area contributed by atoms with Gasteiger partial charge in [0.2, 0.25) is 5.91 Å². The van der Waals surface area contributed by atoms with Crippen molar-refractivity contribution in [2.45, 2.75) is 5.16 Å². The normalized spacial score (nSPS) is 10.5. The number of amides is 1. The summed E-state index contributed by atoms with van der Waals surface area (Å²) in [4.78, 5) is 13.1. The van der Waals surface area contributed by atoms with Gasteiger partial charge < -0.3 is 9.47 Å². The minimum absolute atomic E-state index is 0.0641. The van der Waals surface area contributed by atoms with Crippen LogP contribution in [0.25, 0.3) is 11.4 Å². The Morgan fingerprint density at radius 3 is 2.58 bits per heavy atom. The molecular weight excluding hydrogens is 260 g/mol. The lowest BCUT2D eigenvalue weighted by Gasteiger charge is -2.09. The summed E-state index contributed by atoms with van der Waals surface area (Å²) in [5.74, 6) is 1.24. The van der Waals surface area contributed by atoms with Gasteiger partial charge in [-0.2, -0.15) is 0 Å². The van der Waals surface area contributed by atoms with Crippen molar-refractivity contribution in [2.24, 2.45) is 7.05 Å². The van der Waals surface area contributed by atoms with Crippen LogP contribution in [0.2, 0.25) is 0 Å². The smallest absolute Gasteiger partial charge is 0.232 e. The van der Waals surface area contributed by atoms with E-state index in [-0.39, 0.29) is 5.91 Å². The first-order valence-corrected chi connectivity index (χ1v) is 6.86. The van der Waals surface area contributed by atoms with Crippen LogP contribution in [0.4, 0.5) is 0 Å². The van der Waals surface area contributed by atoms with Gasteiger partial charge in [0, 0.05) is 26.7 Å². The van der Waals surface area contributed by atoms with Crippen LogP contribution in [-0.4, -0.2) is 45.4 Å². The fraction of sp³-hybridized carbons (Fsp3) is 0.308. The molecular formula is C13H16N4OS. The number of hydrogen-bond donors (Lipinski definition) is 0. The van der Waals surface area contributed by atoms with Gasteiger partial charge in [0.15, 0.2) is 11.0 Å². The number of aromatic nitrogens is 3. The molecule has 0 bridgehead atoms. The quantitative estimate of drug-likeness (QED) is 0.797. The van der Waals surface area contributed by atoms with Gasteiger partial charge in [0.05, 0.1) is 5.75 Å². The van der Waals surface area contributed by atoms with Gasteiger partial charge in [0.25, 0.3) is 0 Å². The fourth-order valence-electron chi connectivity index (χ4n) is 1.53. The molecule has 19 heavy (non-hydrogen) atoms. The Morgan fingerprint density at radius 2 is 1.95 bits per heavy atom. The Morgan fingerprint density at radius 1 is 1.26 bits per heavy atom. The third kappa shape index (κ3) is 3.14. The van der Waals surface area contributed by atoms with Gasteiger partial charge in [-0.15, -0.1) is 10.2 Å². The van der Waals surface area contributed by atoms with Crippen LogP contribution in [0.5, 0.6) is 0 Å². The molecule has 100 valence electrons. The lowest BCUT2D eigenvalue weighted by molar-refractivity contribution is -0.125. The summed E-state index contributed by atoms with van der Waals surface area (Å²) in [6.07, 6.45) is 0. The number of carbonyl (C=O) groups excluding carboxylic acids is 1. The van der Waals surface area contributed by atoms with Gasteiger partial charge >= 0.3 is 0 Å². The average Bonchev–Trinajstić information content (AvgIpc) is 2.78. The minimum atomic E-state index is 0.0641. The molecule has 2 aromatic rings. The number of hydrogen-bond acceptors (Lipinski definition) is 4. The monoisotopic (exact) mass is 276 g/mol. The maximum absolute atomic E-state index is 11.6. The predicted molar refractivity (Wildman–Crippen MR) is 75.9 cm³/mol. The minimum Gasteiger partial charge on any atom is -0.348 e. The Labute approximate surface area is 116 Å². The topological polar surface area (TPSA) is 51.0 Å². The summed E-state index contributed by atoms with van der Waals surface area (Å²) >= 11 is 1.40. The fourth-order valence-corrected chi connectivity index (χ4v) is 2.42. The van der Waals surface area contributed by atoms with E-state index in [1.807, 2.05) is 41.9 Å². The molecule has 0 aliphatic carbocycles. The molecule has 0 radical (unpaired) electrons. The van der Waals surface area contributed by atoms with E-state index >= 15 is 0 Å². The van der Waals surface area contributed by atoms with Crippen molar-refractivity contribution in [1.29, 1.82) is 0 Å². The maximum atomic E-state index is 11.6. The summed E-state index contributed by atoms with van der Waals surface area (Å²) in [5.41, 5.74) is 1.02. The largest absolute Gasteiger partial charge is 0.348 e. The lowest BCUT2D eigenvalue weighted by atomic mass is 10.2. The highest BCUT2D eigenvalue weighted by atomic mass is 32.2. The molecule has 0 N–H and O–H groups in total. The first-order valence-electron chi connectivity index (χ1n) is 5.87. The highest BCUT2D eigenvalue weighted by molar-refractivity contribution is 7.99. The second kappa shape index (κ2) is 5.88. The molecule has 2 rings (SSSR count). The van der Waals surface area contributed by atoms with E-state index in [1.54, 1.807) is 19.0 Å². The third-order valence-corrected chi connectivity index (χ3v) is 3.70. The number of rotatable bonds is 4. The predicted octanol–water partition coefficient (Wildman–Crippen LogP) is 1.66. The number of carbonyl (C=O) groups is 1. The zero-order valence-corrected chi connectivity index (χ0v) is 12.0. The van der Waals surface area contributed by atoms with Crippen molar-refractivity contribution in [1.82, 2.24) is 19.7 Å². The van der Waals surface area contributed by atoms with Crippen molar-refractivity contribution in [3.63, 3.8) is 0 Å². The summed E-state index contributed by atoms with van der Waals surface area (Å²) in [6.45, 7) is 0. The van der Waals surface area contributed by atoms with Crippen molar-refractivity contribution in [3.8, 4) is 11.4 Å².